The normalized spacial score (nSPS) is 10.9. The number of aromatic nitrogens is 1. The summed E-state index contributed by atoms with van der Waals surface area (Å²) < 4.78 is 11.4. The second-order valence-electron chi connectivity index (χ2n) is 5.39. The molecule has 0 fully saturated rings. The van der Waals surface area contributed by atoms with Gasteiger partial charge in [0.1, 0.15) is 11.8 Å². The van der Waals surface area contributed by atoms with Crippen molar-refractivity contribution in [2.45, 2.75) is 0 Å². The first-order valence-corrected chi connectivity index (χ1v) is 8.21. The second-order valence-corrected chi connectivity index (χ2v) is 6.31. The molecule has 2 heterocycles. The van der Waals surface area contributed by atoms with Gasteiger partial charge in [-0.1, -0.05) is 51.4 Å². The highest BCUT2D eigenvalue weighted by atomic mass is 79.9. The van der Waals surface area contributed by atoms with E-state index in [9.17, 15) is 9.59 Å². The highest BCUT2D eigenvalue weighted by molar-refractivity contribution is 9.10. The maximum absolute atomic E-state index is 12.8. The van der Waals surface area contributed by atoms with Crippen molar-refractivity contribution in [3.8, 4) is 0 Å². The fourth-order valence-electron chi connectivity index (χ4n) is 2.55. The number of ketones is 2. The van der Waals surface area contributed by atoms with E-state index in [0.29, 0.717) is 11.1 Å². The Hall–Kier alpha value is -2.99. The molecule has 0 aliphatic carbocycles. The van der Waals surface area contributed by atoms with Crippen LogP contribution in [-0.2, 0) is 0 Å². The van der Waals surface area contributed by atoms with E-state index in [4.69, 9.17) is 8.94 Å². The number of furan rings is 1. The van der Waals surface area contributed by atoms with Crippen molar-refractivity contribution in [1.82, 2.24) is 5.16 Å². The zero-order valence-electron chi connectivity index (χ0n) is 12.7. The summed E-state index contributed by atoms with van der Waals surface area (Å²) in [5.74, 6) is -0.706. The lowest BCUT2D eigenvalue weighted by atomic mass is 10.0. The van der Waals surface area contributed by atoms with Gasteiger partial charge >= 0.3 is 0 Å². The summed E-state index contributed by atoms with van der Waals surface area (Å²) in [6.07, 6.45) is 1.17. The van der Waals surface area contributed by atoms with E-state index in [1.165, 1.54) is 6.26 Å². The fraction of sp³-hybridized carbons (Fsp3) is 0. The van der Waals surface area contributed by atoms with Gasteiger partial charge in [-0.3, -0.25) is 9.59 Å². The molecule has 0 spiro atoms. The zero-order chi connectivity index (χ0) is 17.4. The van der Waals surface area contributed by atoms with Gasteiger partial charge in [-0.15, -0.1) is 0 Å². The standard InChI is InChI=1S/C19H10BrNO4/c20-13-6-7-15-12(8-13)9-16(25-15)19(23)14-10-24-21-17(14)18(22)11-4-2-1-3-5-11/h1-10H. The van der Waals surface area contributed by atoms with Gasteiger partial charge in [0.15, 0.2) is 11.5 Å². The number of hydrogen-bond donors (Lipinski definition) is 0. The van der Waals surface area contributed by atoms with Crippen LogP contribution in [0.5, 0.6) is 0 Å². The minimum absolute atomic E-state index is 0.0298. The molecule has 0 atom stereocenters. The minimum Gasteiger partial charge on any atom is -0.453 e. The molecule has 0 aliphatic heterocycles. The molecule has 0 amide bonds. The Morgan fingerprint density at radius 3 is 2.56 bits per heavy atom. The molecule has 5 nitrogen and oxygen atoms in total. The number of hydrogen-bond acceptors (Lipinski definition) is 5. The van der Waals surface area contributed by atoms with Crippen molar-refractivity contribution in [1.29, 1.82) is 0 Å². The van der Waals surface area contributed by atoms with Gasteiger partial charge in [-0.2, -0.15) is 0 Å². The number of nitrogens with zero attached hydrogens (tertiary/aromatic N) is 1. The van der Waals surface area contributed by atoms with Crippen LogP contribution < -0.4 is 0 Å². The molecule has 0 N–H and O–H groups in total. The second kappa shape index (κ2) is 6.14. The minimum atomic E-state index is -0.451. The molecule has 0 aliphatic rings. The Balaban J connectivity index is 1.73. The molecule has 0 radical (unpaired) electrons. The van der Waals surface area contributed by atoms with Crippen molar-refractivity contribution in [2.75, 3.05) is 0 Å². The van der Waals surface area contributed by atoms with Crippen molar-refractivity contribution in [3.63, 3.8) is 0 Å². The first kappa shape index (κ1) is 15.5. The monoisotopic (exact) mass is 395 g/mol. The summed E-state index contributed by atoms with van der Waals surface area (Å²) in [5, 5.41) is 4.50. The summed E-state index contributed by atoms with van der Waals surface area (Å²) in [4.78, 5) is 25.3. The van der Waals surface area contributed by atoms with E-state index in [0.717, 1.165) is 9.86 Å². The average Bonchev–Trinajstić information content (AvgIpc) is 3.27. The lowest BCUT2D eigenvalue weighted by Gasteiger charge is -1.99. The molecule has 0 bridgehead atoms. The van der Waals surface area contributed by atoms with Gasteiger partial charge < -0.3 is 8.94 Å². The molecule has 0 unspecified atom stereocenters. The number of fused-ring (bicyclic) bond motifs is 1. The summed E-state index contributed by atoms with van der Waals surface area (Å²) in [5.41, 5.74) is 1.06. The van der Waals surface area contributed by atoms with Crippen molar-refractivity contribution in [2.24, 2.45) is 0 Å². The molecular weight excluding hydrogens is 386 g/mol. The molecule has 2 aromatic carbocycles. The van der Waals surface area contributed by atoms with Crippen molar-refractivity contribution in [3.05, 3.63) is 87.9 Å². The van der Waals surface area contributed by atoms with E-state index in [-0.39, 0.29) is 22.8 Å². The highest BCUT2D eigenvalue weighted by Gasteiger charge is 2.26. The molecule has 4 rings (SSSR count). The van der Waals surface area contributed by atoms with Crippen LogP contribution in [0, 0.1) is 0 Å². The highest BCUT2D eigenvalue weighted by Crippen LogP contribution is 2.26. The largest absolute Gasteiger partial charge is 0.453 e. The van der Waals surface area contributed by atoms with E-state index >= 15 is 0 Å². The number of rotatable bonds is 4. The van der Waals surface area contributed by atoms with Crippen LogP contribution in [0.4, 0.5) is 0 Å². The first-order chi connectivity index (χ1) is 12.1. The van der Waals surface area contributed by atoms with Crippen LogP contribution in [0.25, 0.3) is 11.0 Å². The summed E-state index contributed by atoms with van der Waals surface area (Å²) in [6, 6.07) is 15.7. The summed E-state index contributed by atoms with van der Waals surface area (Å²) in [6.45, 7) is 0. The van der Waals surface area contributed by atoms with E-state index in [1.54, 1.807) is 42.5 Å². The summed E-state index contributed by atoms with van der Waals surface area (Å²) >= 11 is 3.38. The summed E-state index contributed by atoms with van der Waals surface area (Å²) in [7, 11) is 0. The van der Waals surface area contributed by atoms with E-state index in [1.807, 2.05) is 12.1 Å². The molecule has 122 valence electrons. The van der Waals surface area contributed by atoms with Gasteiger partial charge in [-0.25, -0.2) is 0 Å². The van der Waals surface area contributed by atoms with Gasteiger partial charge in [0.25, 0.3) is 0 Å². The SMILES string of the molecule is O=C(c1cc2cc(Br)ccc2o1)c1conc1C(=O)c1ccccc1. The van der Waals surface area contributed by atoms with Crippen molar-refractivity contribution < 1.29 is 18.5 Å². The van der Waals surface area contributed by atoms with Gasteiger partial charge in [0.2, 0.25) is 11.6 Å². The Bertz CT molecular complexity index is 1100. The van der Waals surface area contributed by atoms with Crippen molar-refractivity contribution >= 4 is 38.5 Å². The topological polar surface area (TPSA) is 73.3 Å². The smallest absolute Gasteiger partial charge is 0.233 e. The molecule has 0 saturated carbocycles. The van der Waals surface area contributed by atoms with Crippen LogP contribution >= 0.6 is 15.9 Å². The van der Waals surface area contributed by atoms with E-state index < -0.39 is 5.78 Å². The fourth-order valence-corrected chi connectivity index (χ4v) is 2.93. The Labute approximate surface area is 150 Å². The number of halogens is 1. The molecule has 6 heteroatoms. The van der Waals surface area contributed by atoms with Crippen LogP contribution in [0.1, 0.15) is 32.2 Å². The van der Waals surface area contributed by atoms with Gasteiger partial charge in [0.05, 0.1) is 5.56 Å². The Morgan fingerprint density at radius 1 is 0.960 bits per heavy atom. The van der Waals surface area contributed by atoms with E-state index in [2.05, 4.69) is 21.1 Å². The lowest BCUT2D eigenvalue weighted by Crippen LogP contribution is -2.09. The van der Waals surface area contributed by atoms with Crippen LogP contribution in [0.3, 0.4) is 0 Å². The number of carbonyl (C=O) groups is 2. The average molecular weight is 396 g/mol. The quantitative estimate of drug-likeness (QED) is 0.470. The van der Waals surface area contributed by atoms with Crippen LogP contribution in [0.15, 0.2) is 74.3 Å². The van der Waals surface area contributed by atoms with Gasteiger partial charge in [0, 0.05) is 15.4 Å². The Morgan fingerprint density at radius 2 is 1.76 bits per heavy atom. The third kappa shape index (κ3) is 2.81. The molecular formula is C19H10BrNO4. The molecule has 0 saturated heterocycles. The number of benzene rings is 2. The predicted octanol–water partition coefficient (Wildman–Crippen LogP) is 4.65. The maximum Gasteiger partial charge on any atom is 0.233 e. The number of carbonyl (C=O) groups excluding carboxylic acids is 2. The zero-order valence-corrected chi connectivity index (χ0v) is 14.3. The third-order valence-corrected chi connectivity index (χ3v) is 4.26. The molecule has 2 aromatic heterocycles. The predicted molar refractivity (Wildman–Crippen MR) is 93.7 cm³/mol. The van der Waals surface area contributed by atoms with Crippen LogP contribution in [0.2, 0.25) is 0 Å². The molecule has 25 heavy (non-hydrogen) atoms. The maximum atomic E-state index is 12.8. The first-order valence-electron chi connectivity index (χ1n) is 7.41. The third-order valence-electron chi connectivity index (χ3n) is 3.77. The Kier molecular flexibility index (Phi) is 3.82. The van der Waals surface area contributed by atoms with Gasteiger partial charge in [-0.05, 0) is 24.3 Å². The lowest BCUT2D eigenvalue weighted by molar-refractivity contribution is 0.0988. The molecule has 4 aromatic rings. The van der Waals surface area contributed by atoms with Crippen LogP contribution in [-0.4, -0.2) is 16.7 Å².